The molecule has 1 N–H and O–H groups in total. The number of rotatable bonds is 3. The lowest BCUT2D eigenvalue weighted by atomic mass is 9.95. The van der Waals surface area contributed by atoms with Gasteiger partial charge in [0.2, 0.25) is 0 Å². The Hall–Kier alpha value is -2.20. The van der Waals surface area contributed by atoms with Crippen LogP contribution in [0.15, 0.2) is 17.1 Å². The summed E-state index contributed by atoms with van der Waals surface area (Å²) in [6.45, 7) is 1.76. The second-order valence-electron chi connectivity index (χ2n) is 4.43. The number of aliphatic imine (C=N–C) groups is 1. The van der Waals surface area contributed by atoms with Crippen LogP contribution in [0.2, 0.25) is 0 Å². The van der Waals surface area contributed by atoms with Crippen LogP contribution in [-0.2, 0) is 11.2 Å². The lowest BCUT2D eigenvalue weighted by Crippen LogP contribution is -2.21. The van der Waals surface area contributed by atoms with Gasteiger partial charge in [-0.1, -0.05) is 0 Å². The van der Waals surface area contributed by atoms with Gasteiger partial charge in [-0.15, -0.1) is 0 Å². The third-order valence-corrected chi connectivity index (χ3v) is 3.29. The van der Waals surface area contributed by atoms with Crippen LogP contribution in [-0.4, -0.2) is 42.8 Å². The summed E-state index contributed by atoms with van der Waals surface area (Å²) in [5.41, 5.74) is 2.76. The summed E-state index contributed by atoms with van der Waals surface area (Å²) in [7, 11) is 3.20. The molecule has 0 radical (unpaired) electrons. The third kappa shape index (κ3) is 4.40. The van der Waals surface area contributed by atoms with Gasteiger partial charge in [0.1, 0.15) is 5.25 Å². The maximum Gasteiger partial charge on any atom is 0.300 e. The van der Waals surface area contributed by atoms with E-state index in [2.05, 4.69) is 23.7 Å². The number of methoxy groups -OCH3 is 2. The fraction of sp³-hybridized carbons (Fsp3) is 0.400. The monoisotopic (exact) mass is 322 g/mol. The van der Waals surface area contributed by atoms with Gasteiger partial charge in [0.25, 0.3) is 5.97 Å². The molecule has 118 valence electrons. The molecular weight excluding hydrogens is 304 g/mol. The number of aliphatic carboxylic acids is 1. The second-order valence-corrected chi connectivity index (χ2v) is 4.95. The van der Waals surface area contributed by atoms with Gasteiger partial charge >= 0.3 is 0 Å². The number of nitriles is 1. The highest BCUT2D eigenvalue weighted by atomic mass is 32.1. The zero-order valence-electron chi connectivity index (χ0n) is 12.7. The molecule has 1 unspecified atom stereocenters. The molecule has 1 aliphatic rings. The zero-order chi connectivity index (χ0) is 16.7. The molecule has 1 atom stereocenters. The molecule has 0 amide bonds. The van der Waals surface area contributed by atoms with Crippen LogP contribution in [0.1, 0.15) is 18.1 Å². The van der Waals surface area contributed by atoms with Crippen LogP contribution in [0.25, 0.3) is 0 Å². The van der Waals surface area contributed by atoms with Crippen molar-refractivity contribution in [1.82, 2.24) is 0 Å². The van der Waals surface area contributed by atoms with Crippen LogP contribution in [0.4, 0.5) is 0 Å². The highest BCUT2D eigenvalue weighted by Crippen LogP contribution is 2.33. The molecule has 0 fully saturated rings. The van der Waals surface area contributed by atoms with E-state index in [1.807, 2.05) is 12.1 Å². The van der Waals surface area contributed by atoms with Crippen LogP contribution in [0.3, 0.4) is 0 Å². The van der Waals surface area contributed by atoms with Crippen LogP contribution in [0.5, 0.6) is 11.5 Å². The first kappa shape index (κ1) is 17.9. The maximum atomic E-state index is 9.00. The number of nitrogens with zero attached hydrogens (tertiary/aromatic N) is 2. The number of benzene rings is 1. The van der Waals surface area contributed by atoms with Gasteiger partial charge in [-0.2, -0.15) is 17.9 Å². The van der Waals surface area contributed by atoms with Crippen molar-refractivity contribution < 1.29 is 19.4 Å². The lowest BCUT2D eigenvalue weighted by Gasteiger charge is -2.20. The normalized spacial score (nSPS) is 13.5. The van der Waals surface area contributed by atoms with Gasteiger partial charge < -0.3 is 14.6 Å². The summed E-state index contributed by atoms with van der Waals surface area (Å²) < 4.78 is 10.6. The molecule has 0 aliphatic carbocycles. The molecule has 6 nitrogen and oxygen atoms in total. The van der Waals surface area contributed by atoms with Gasteiger partial charge in [-0.05, 0) is 24.1 Å². The van der Waals surface area contributed by atoms with Crippen molar-refractivity contribution in [1.29, 1.82) is 5.26 Å². The van der Waals surface area contributed by atoms with Crippen LogP contribution < -0.4 is 9.47 Å². The van der Waals surface area contributed by atoms with E-state index >= 15 is 0 Å². The Bertz CT molecular complexity index is 619. The number of thiol groups is 1. The molecule has 2 rings (SSSR count). The van der Waals surface area contributed by atoms with E-state index in [1.165, 1.54) is 0 Å². The van der Waals surface area contributed by atoms with E-state index in [-0.39, 0.29) is 0 Å². The molecule has 0 spiro atoms. The number of ether oxygens (including phenoxy) is 2. The largest absolute Gasteiger partial charge is 0.493 e. The van der Waals surface area contributed by atoms with E-state index in [9.17, 15) is 0 Å². The van der Waals surface area contributed by atoms with Gasteiger partial charge in [0.15, 0.2) is 11.5 Å². The summed E-state index contributed by atoms with van der Waals surface area (Å²) >= 11 is 4.25. The van der Waals surface area contributed by atoms with Gasteiger partial charge in [0.05, 0.1) is 26.0 Å². The molecule has 0 saturated heterocycles. The van der Waals surface area contributed by atoms with Crippen LogP contribution in [0, 0.1) is 11.3 Å². The van der Waals surface area contributed by atoms with Crippen molar-refractivity contribution in [2.75, 3.05) is 20.8 Å². The average Bonchev–Trinajstić information content (AvgIpc) is 2.51. The standard InChI is InChI=1S/C13H14N2O2S.C2H4O2/c1-16-10-5-8-3-4-15-13(12(18)7-14)9(8)6-11(10)17-2;1-2(3)4/h5-6,12,18H,3-4H2,1-2H3;1H3,(H,3,4). The molecule has 1 heterocycles. The minimum Gasteiger partial charge on any atom is -0.493 e. The summed E-state index contributed by atoms with van der Waals surface area (Å²) in [6, 6.07) is 5.92. The Balaban J connectivity index is 0.000000541. The Morgan fingerprint density at radius 1 is 1.41 bits per heavy atom. The summed E-state index contributed by atoms with van der Waals surface area (Å²) in [5.74, 6) is 0.509. The van der Waals surface area contributed by atoms with E-state index in [0.29, 0.717) is 23.8 Å². The number of carbonyl (C=O) groups is 1. The van der Waals surface area contributed by atoms with Gasteiger partial charge in [0, 0.05) is 19.0 Å². The van der Waals surface area contributed by atoms with E-state index in [1.54, 1.807) is 14.2 Å². The van der Waals surface area contributed by atoms with Crippen molar-refractivity contribution in [3.63, 3.8) is 0 Å². The molecular formula is C15H18N2O4S. The molecule has 0 bridgehead atoms. The quantitative estimate of drug-likeness (QED) is 0.830. The first-order chi connectivity index (χ1) is 10.4. The smallest absolute Gasteiger partial charge is 0.300 e. The Labute approximate surface area is 134 Å². The van der Waals surface area contributed by atoms with E-state index in [0.717, 1.165) is 24.5 Å². The minimum absolute atomic E-state index is 0.512. The molecule has 1 aliphatic heterocycles. The van der Waals surface area contributed by atoms with Crippen LogP contribution >= 0.6 is 12.6 Å². The molecule has 0 aromatic heterocycles. The highest BCUT2D eigenvalue weighted by molar-refractivity contribution is 7.82. The minimum atomic E-state index is -0.833. The number of hydrogen-bond donors (Lipinski definition) is 2. The van der Waals surface area contributed by atoms with Crippen molar-refractivity contribution in [3.8, 4) is 17.6 Å². The van der Waals surface area contributed by atoms with Crippen molar-refractivity contribution in [2.24, 2.45) is 4.99 Å². The lowest BCUT2D eigenvalue weighted by molar-refractivity contribution is -0.134. The first-order valence-electron chi connectivity index (χ1n) is 6.51. The van der Waals surface area contributed by atoms with Crippen molar-refractivity contribution >= 4 is 24.3 Å². The summed E-state index contributed by atoms with van der Waals surface area (Å²) in [4.78, 5) is 13.4. The van der Waals surface area contributed by atoms with Gasteiger partial charge in [-0.25, -0.2) is 0 Å². The van der Waals surface area contributed by atoms with Crippen molar-refractivity contribution in [2.45, 2.75) is 18.6 Å². The topological polar surface area (TPSA) is 91.9 Å². The molecule has 7 heteroatoms. The summed E-state index contributed by atoms with van der Waals surface area (Å²) in [5, 5.41) is 15.9. The van der Waals surface area contributed by atoms with E-state index < -0.39 is 11.2 Å². The number of fused-ring (bicyclic) bond motifs is 1. The molecule has 1 aromatic carbocycles. The predicted octanol–water partition coefficient (Wildman–Crippen LogP) is 1.96. The Morgan fingerprint density at radius 3 is 2.45 bits per heavy atom. The maximum absolute atomic E-state index is 9.00. The fourth-order valence-corrected chi connectivity index (χ4v) is 2.26. The predicted molar refractivity (Wildman–Crippen MR) is 86.4 cm³/mol. The zero-order valence-corrected chi connectivity index (χ0v) is 13.6. The first-order valence-corrected chi connectivity index (χ1v) is 7.03. The fourth-order valence-electron chi connectivity index (χ4n) is 2.04. The highest BCUT2D eigenvalue weighted by Gasteiger charge is 2.22. The van der Waals surface area contributed by atoms with E-state index in [4.69, 9.17) is 24.6 Å². The second kappa shape index (κ2) is 8.29. The average molecular weight is 322 g/mol. The summed E-state index contributed by atoms with van der Waals surface area (Å²) in [6.07, 6.45) is 0.838. The molecule has 22 heavy (non-hydrogen) atoms. The van der Waals surface area contributed by atoms with Crippen molar-refractivity contribution in [3.05, 3.63) is 23.3 Å². The molecule has 1 aromatic rings. The Morgan fingerprint density at radius 2 is 1.95 bits per heavy atom. The SMILES string of the molecule is CC(=O)O.COc1cc2c(cc1OC)C(C(S)C#N)=NCC2. The number of carboxylic acids is 1. The Kier molecular flexibility index (Phi) is 6.73. The molecule has 0 saturated carbocycles. The third-order valence-electron chi connectivity index (χ3n) is 2.93. The number of carboxylic acid groups (broad SMARTS) is 1. The number of hydrogen-bond acceptors (Lipinski definition) is 6. The van der Waals surface area contributed by atoms with Gasteiger partial charge in [-0.3, -0.25) is 9.79 Å².